The Bertz CT molecular complexity index is 647. The lowest BCUT2D eigenvalue weighted by Gasteiger charge is -2.32. The SMILES string of the molecule is CC1NCCCC1NC(=O)C(Sc1ccccc1)c1ccccc1. The van der Waals surface area contributed by atoms with Gasteiger partial charge < -0.3 is 10.6 Å². The zero-order valence-corrected chi connectivity index (χ0v) is 14.8. The molecule has 2 aromatic rings. The van der Waals surface area contributed by atoms with Gasteiger partial charge in [-0.15, -0.1) is 11.8 Å². The van der Waals surface area contributed by atoms with Crippen molar-refractivity contribution in [1.29, 1.82) is 0 Å². The van der Waals surface area contributed by atoms with E-state index in [1.54, 1.807) is 11.8 Å². The molecule has 0 aliphatic carbocycles. The molecule has 3 nitrogen and oxygen atoms in total. The molecule has 126 valence electrons. The van der Waals surface area contributed by atoms with Crippen molar-refractivity contribution in [2.24, 2.45) is 0 Å². The van der Waals surface area contributed by atoms with Crippen LogP contribution in [0.3, 0.4) is 0 Å². The van der Waals surface area contributed by atoms with Crippen LogP contribution >= 0.6 is 11.8 Å². The van der Waals surface area contributed by atoms with Crippen LogP contribution in [0.2, 0.25) is 0 Å². The number of carbonyl (C=O) groups is 1. The minimum absolute atomic E-state index is 0.0932. The van der Waals surface area contributed by atoms with Crippen LogP contribution < -0.4 is 10.6 Å². The highest BCUT2D eigenvalue weighted by atomic mass is 32.2. The van der Waals surface area contributed by atoms with Gasteiger partial charge in [-0.25, -0.2) is 0 Å². The van der Waals surface area contributed by atoms with Crippen molar-refractivity contribution in [3.05, 3.63) is 66.2 Å². The van der Waals surface area contributed by atoms with Crippen LogP contribution in [-0.4, -0.2) is 24.5 Å². The minimum atomic E-state index is -0.234. The summed E-state index contributed by atoms with van der Waals surface area (Å²) in [5.74, 6) is 0.0932. The molecule has 2 N–H and O–H groups in total. The van der Waals surface area contributed by atoms with Gasteiger partial charge in [-0.05, 0) is 44.0 Å². The van der Waals surface area contributed by atoms with E-state index in [4.69, 9.17) is 0 Å². The van der Waals surface area contributed by atoms with Gasteiger partial charge in [-0.3, -0.25) is 4.79 Å². The zero-order chi connectivity index (χ0) is 16.8. The van der Waals surface area contributed by atoms with Crippen LogP contribution in [0.25, 0.3) is 0 Å². The summed E-state index contributed by atoms with van der Waals surface area (Å²) in [6.07, 6.45) is 2.15. The van der Waals surface area contributed by atoms with Crippen LogP contribution in [0.4, 0.5) is 0 Å². The first-order chi connectivity index (χ1) is 11.7. The number of nitrogens with one attached hydrogen (secondary N) is 2. The van der Waals surface area contributed by atoms with E-state index in [-0.39, 0.29) is 17.2 Å². The Labute approximate surface area is 148 Å². The number of benzene rings is 2. The number of amides is 1. The highest BCUT2D eigenvalue weighted by molar-refractivity contribution is 8.00. The normalized spacial score (nSPS) is 21.9. The van der Waals surface area contributed by atoms with Crippen LogP contribution in [-0.2, 0) is 4.79 Å². The molecule has 2 aromatic carbocycles. The molecule has 0 aromatic heterocycles. The monoisotopic (exact) mass is 340 g/mol. The fraction of sp³-hybridized carbons (Fsp3) is 0.350. The molecule has 1 heterocycles. The smallest absolute Gasteiger partial charge is 0.238 e. The van der Waals surface area contributed by atoms with Crippen molar-refractivity contribution in [3.63, 3.8) is 0 Å². The van der Waals surface area contributed by atoms with Crippen molar-refractivity contribution in [3.8, 4) is 0 Å². The Morgan fingerprint density at radius 1 is 1.12 bits per heavy atom. The third-order valence-corrected chi connectivity index (χ3v) is 5.69. The largest absolute Gasteiger partial charge is 0.351 e. The molecule has 1 amide bonds. The molecule has 4 heteroatoms. The van der Waals surface area contributed by atoms with Gasteiger partial charge in [0.25, 0.3) is 0 Å². The second-order valence-corrected chi connectivity index (χ2v) is 7.40. The Balaban J connectivity index is 1.77. The molecular weight excluding hydrogens is 316 g/mol. The number of carbonyl (C=O) groups excluding carboxylic acids is 1. The summed E-state index contributed by atoms with van der Waals surface area (Å²) in [6.45, 7) is 3.18. The Morgan fingerprint density at radius 2 is 1.79 bits per heavy atom. The van der Waals surface area contributed by atoms with Crippen molar-refractivity contribution in [2.45, 2.75) is 42.0 Å². The topological polar surface area (TPSA) is 41.1 Å². The molecule has 0 radical (unpaired) electrons. The lowest BCUT2D eigenvalue weighted by molar-refractivity contribution is -0.121. The van der Waals surface area contributed by atoms with E-state index in [0.29, 0.717) is 6.04 Å². The standard InChI is InChI=1S/C20H24N2OS/c1-15-18(13-8-14-21-15)22-20(23)19(16-9-4-2-5-10-16)24-17-11-6-3-7-12-17/h2-7,9-12,15,18-19,21H,8,13-14H2,1H3,(H,22,23). The molecular formula is C20H24N2OS. The van der Waals surface area contributed by atoms with Crippen LogP contribution in [0, 0.1) is 0 Å². The van der Waals surface area contributed by atoms with Gasteiger partial charge in [-0.1, -0.05) is 48.5 Å². The number of rotatable bonds is 5. The molecule has 3 rings (SSSR count). The summed E-state index contributed by atoms with van der Waals surface area (Å²) in [7, 11) is 0. The molecule has 24 heavy (non-hydrogen) atoms. The first kappa shape index (κ1) is 17.1. The average Bonchev–Trinajstić information content (AvgIpc) is 2.63. The van der Waals surface area contributed by atoms with E-state index in [1.807, 2.05) is 48.5 Å². The van der Waals surface area contributed by atoms with Gasteiger partial charge in [0, 0.05) is 17.0 Å². The van der Waals surface area contributed by atoms with Gasteiger partial charge in [0.05, 0.1) is 0 Å². The van der Waals surface area contributed by atoms with Gasteiger partial charge >= 0.3 is 0 Å². The summed E-state index contributed by atoms with van der Waals surface area (Å²) >= 11 is 1.61. The lowest BCUT2D eigenvalue weighted by Crippen LogP contribution is -2.52. The maximum atomic E-state index is 13.0. The van der Waals surface area contributed by atoms with Crippen LogP contribution in [0.15, 0.2) is 65.6 Å². The number of thioether (sulfide) groups is 1. The van der Waals surface area contributed by atoms with Crippen LogP contribution in [0.1, 0.15) is 30.6 Å². The number of hydrogen-bond donors (Lipinski definition) is 2. The lowest BCUT2D eigenvalue weighted by atomic mass is 9.99. The molecule has 3 unspecified atom stereocenters. The summed E-state index contributed by atoms with van der Waals surface area (Å²) in [4.78, 5) is 14.1. The van der Waals surface area contributed by atoms with Gasteiger partial charge in [0.15, 0.2) is 0 Å². The highest BCUT2D eigenvalue weighted by Crippen LogP contribution is 2.35. The predicted octanol–water partition coefficient (Wildman–Crippen LogP) is 3.78. The van der Waals surface area contributed by atoms with Crippen LogP contribution in [0.5, 0.6) is 0 Å². The second-order valence-electron chi connectivity index (χ2n) is 6.22. The molecule has 0 bridgehead atoms. The van der Waals surface area contributed by atoms with Gasteiger partial charge in [0.2, 0.25) is 5.91 Å². The minimum Gasteiger partial charge on any atom is -0.351 e. The van der Waals surface area contributed by atoms with Crippen molar-refractivity contribution in [2.75, 3.05) is 6.54 Å². The molecule has 1 aliphatic heterocycles. The Morgan fingerprint density at radius 3 is 2.46 bits per heavy atom. The molecule has 1 aliphatic rings. The van der Waals surface area contributed by atoms with Crippen molar-refractivity contribution < 1.29 is 4.79 Å². The molecule has 0 saturated carbocycles. The van der Waals surface area contributed by atoms with E-state index >= 15 is 0 Å². The van der Waals surface area contributed by atoms with Gasteiger partial charge in [-0.2, -0.15) is 0 Å². The van der Waals surface area contributed by atoms with Crippen molar-refractivity contribution >= 4 is 17.7 Å². The average molecular weight is 340 g/mol. The summed E-state index contributed by atoms with van der Waals surface area (Å²) < 4.78 is 0. The quantitative estimate of drug-likeness (QED) is 0.814. The molecule has 0 spiro atoms. The highest BCUT2D eigenvalue weighted by Gasteiger charge is 2.27. The van der Waals surface area contributed by atoms with E-state index in [1.165, 1.54) is 0 Å². The summed E-state index contributed by atoms with van der Waals surface area (Å²) in [5, 5.41) is 6.48. The van der Waals surface area contributed by atoms with E-state index in [2.05, 4.69) is 29.7 Å². The summed E-state index contributed by atoms with van der Waals surface area (Å²) in [6, 6.07) is 20.7. The number of hydrogen-bond acceptors (Lipinski definition) is 3. The Kier molecular flexibility index (Phi) is 5.94. The van der Waals surface area contributed by atoms with E-state index in [9.17, 15) is 4.79 Å². The third kappa shape index (κ3) is 4.40. The van der Waals surface area contributed by atoms with Crippen molar-refractivity contribution in [1.82, 2.24) is 10.6 Å². The van der Waals surface area contributed by atoms with Gasteiger partial charge in [0.1, 0.15) is 5.25 Å². The van der Waals surface area contributed by atoms with E-state index < -0.39 is 0 Å². The predicted molar refractivity (Wildman–Crippen MR) is 100 cm³/mol. The second kappa shape index (κ2) is 8.36. The fourth-order valence-electron chi connectivity index (χ4n) is 3.04. The zero-order valence-electron chi connectivity index (χ0n) is 13.9. The fourth-order valence-corrected chi connectivity index (χ4v) is 4.09. The Hall–Kier alpha value is -1.78. The first-order valence-electron chi connectivity index (χ1n) is 8.54. The summed E-state index contributed by atoms with van der Waals surface area (Å²) in [5.41, 5.74) is 1.04. The maximum Gasteiger partial charge on any atom is 0.238 e. The molecule has 1 saturated heterocycles. The first-order valence-corrected chi connectivity index (χ1v) is 9.42. The van der Waals surface area contributed by atoms with E-state index in [0.717, 1.165) is 29.8 Å². The molecule has 3 atom stereocenters. The third-order valence-electron chi connectivity index (χ3n) is 4.43. The maximum absolute atomic E-state index is 13.0. The number of piperidine rings is 1. The molecule has 1 fully saturated rings.